The summed E-state index contributed by atoms with van der Waals surface area (Å²) in [4.78, 5) is 22.0. The largest absolute Gasteiger partial charge is 0.376 e. The van der Waals surface area contributed by atoms with Crippen LogP contribution in [-0.4, -0.2) is 23.6 Å². The van der Waals surface area contributed by atoms with E-state index in [1.165, 1.54) is 18.3 Å². The third-order valence-electron chi connectivity index (χ3n) is 3.28. The quantitative estimate of drug-likeness (QED) is 0.452. The van der Waals surface area contributed by atoms with E-state index in [1.807, 2.05) is 13.0 Å². The van der Waals surface area contributed by atoms with Crippen LogP contribution in [0.25, 0.3) is 0 Å². The first-order valence-corrected chi connectivity index (χ1v) is 7.89. The van der Waals surface area contributed by atoms with Crippen LogP contribution in [0.1, 0.15) is 11.1 Å². The summed E-state index contributed by atoms with van der Waals surface area (Å²) in [6, 6.07) is 9.57. The molecule has 2 aromatic rings. The molecule has 0 aliphatic carbocycles. The lowest BCUT2D eigenvalue weighted by Gasteiger charge is -2.09. The molecule has 7 nitrogen and oxygen atoms in total. The van der Waals surface area contributed by atoms with Gasteiger partial charge < -0.3 is 5.32 Å². The van der Waals surface area contributed by atoms with Gasteiger partial charge in [-0.15, -0.1) is 0 Å². The van der Waals surface area contributed by atoms with Crippen LogP contribution in [0.4, 0.5) is 11.4 Å². The highest BCUT2D eigenvalue weighted by Gasteiger charge is 2.11. The molecule has 0 atom stereocenters. The van der Waals surface area contributed by atoms with Gasteiger partial charge in [-0.05, 0) is 30.7 Å². The lowest BCUT2D eigenvalue weighted by atomic mass is 10.2. The minimum absolute atomic E-state index is 0.000707. The predicted molar refractivity (Wildman–Crippen MR) is 98.5 cm³/mol. The molecule has 0 saturated heterocycles. The van der Waals surface area contributed by atoms with Crippen LogP contribution in [0, 0.1) is 17.0 Å². The van der Waals surface area contributed by atoms with E-state index in [0.717, 1.165) is 11.3 Å². The summed E-state index contributed by atoms with van der Waals surface area (Å²) < 4.78 is 0. The second-order valence-corrected chi connectivity index (χ2v) is 5.84. The van der Waals surface area contributed by atoms with Crippen molar-refractivity contribution in [3.8, 4) is 0 Å². The lowest BCUT2D eigenvalue weighted by Crippen LogP contribution is -2.26. The van der Waals surface area contributed by atoms with E-state index in [1.54, 1.807) is 18.2 Å². The van der Waals surface area contributed by atoms with E-state index in [-0.39, 0.29) is 23.2 Å². The van der Waals surface area contributed by atoms with Gasteiger partial charge in [0.15, 0.2) is 0 Å². The molecule has 0 heterocycles. The summed E-state index contributed by atoms with van der Waals surface area (Å²) in [6.45, 7) is 1.84. The van der Waals surface area contributed by atoms with Crippen LogP contribution in [0.5, 0.6) is 0 Å². The van der Waals surface area contributed by atoms with E-state index < -0.39 is 4.92 Å². The maximum atomic E-state index is 11.8. The molecule has 0 unspecified atom stereocenters. The van der Waals surface area contributed by atoms with E-state index in [0.29, 0.717) is 10.6 Å². The molecule has 0 aliphatic rings. The first-order valence-electron chi connectivity index (χ1n) is 7.13. The summed E-state index contributed by atoms with van der Waals surface area (Å²) in [5.74, 6) is -0.376. The fourth-order valence-electron chi connectivity index (χ4n) is 1.94. The molecule has 9 heteroatoms. The molecular weight excluding hydrogens is 367 g/mol. The summed E-state index contributed by atoms with van der Waals surface area (Å²) in [7, 11) is 0. The average molecular weight is 381 g/mol. The van der Waals surface area contributed by atoms with E-state index >= 15 is 0 Å². The second-order valence-electron chi connectivity index (χ2n) is 5.03. The highest BCUT2D eigenvalue weighted by molar-refractivity contribution is 6.32. The average Bonchev–Trinajstić information content (AvgIpc) is 2.57. The maximum absolute atomic E-state index is 11.8. The first-order chi connectivity index (χ1) is 11.9. The number of benzene rings is 2. The minimum Gasteiger partial charge on any atom is -0.376 e. The summed E-state index contributed by atoms with van der Waals surface area (Å²) in [5.41, 5.74) is 4.14. The summed E-state index contributed by atoms with van der Waals surface area (Å²) in [6.07, 6.45) is 1.30. The smallest absolute Gasteiger partial charge is 0.288 e. The third-order valence-corrected chi connectivity index (χ3v) is 4.01. The Bertz CT molecular complexity index is 840. The van der Waals surface area contributed by atoms with Gasteiger partial charge in [0.1, 0.15) is 5.02 Å². The maximum Gasteiger partial charge on any atom is 0.288 e. The van der Waals surface area contributed by atoms with Crippen molar-refractivity contribution in [1.29, 1.82) is 0 Å². The van der Waals surface area contributed by atoms with Gasteiger partial charge in [0, 0.05) is 22.3 Å². The molecule has 0 spiro atoms. The number of nitro groups is 1. The number of amides is 1. The zero-order valence-corrected chi connectivity index (χ0v) is 14.6. The van der Waals surface area contributed by atoms with Crippen molar-refractivity contribution in [3.05, 3.63) is 67.7 Å². The molecule has 25 heavy (non-hydrogen) atoms. The molecule has 0 fully saturated rings. The molecule has 0 aliphatic heterocycles. The Morgan fingerprint density at radius 1 is 1.28 bits per heavy atom. The number of carbonyl (C=O) groups excluding carboxylic acids is 1. The van der Waals surface area contributed by atoms with Gasteiger partial charge in [0.05, 0.1) is 17.7 Å². The monoisotopic (exact) mass is 380 g/mol. The zero-order chi connectivity index (χ0) is 18.4. The number of anilines is 1. The number of rotatable bonds is 6. The van der Waals surface area contributed by atoms with Gasteiger partial charge in [0.2, 0.25) is 0 Å². The van der Waals surface area contributed by atoms with E-state index in [2.05, 4.69) is 15.8 Å². The molecule has 0 aromatic heterocycles. The van der Waals surface area contributed by atoms with Gasteiger partial charge >= 0.3 is 0 Å². The topological polar surface area (TPSA) is 96.6 Å². The highest BCUT2D eigenvalue weighted by atomic mass is 35.5. The highest BCUT2D eigenvalue weighted by Crippen LogP contribution is 2.24. The van der Waals surface area contributed by atoms with Crippen LogP contribution in [0.3, 0.4) is 0 Å². The number of hydrazone groups is 1. The first kappa shape index (κ1) is 18.7. The molecule has 130 valence electrons. The van der Waals surface area contributed by atoms with Crippen LogP contribution >= 0.6 is 23.2 Å². The molecule has 2 N–H and O–H groups in total. The standard InChI is InChI=1S/C16H14Cl2N4O3/c1-10-12(17)3-2-4-14(10)19-9-16(23)21-20-8-11-5-6-13(18)15(7-11)22(24)25/h2-8,19H,9H2,1H3,(H,21,23)/b20-8-. The van der Waals surface area contributed by atoms with Crippen LogP contribution < -0.4 is 10.7 Å². The Hall–Kier alpha value is -2.64. The molecule has 2 aromatic carbocycles. The number of nitro benzene ring substituents is 1. The molecular formula is C16H14Cl2N4O3. The number of nitrogens with zero attached hydrogens (tertiary/aromatic N) is 2. The molecule has 0 radical (unpaired) electrons. The number of nitrogens with one attached hydrogen (secondary N) is 2. The van der Waals surface area contributed by atoms with Crippen molar-refractivity contribution in [3.63, 3.8) is 0 Å². The number of halogens is 2. The van der Waals surface area contributed by atoms with Crippen LogP contribution in [-0.2, 0) is 4.79 Å². The Morgan fingerprint density at radius 3 is 2.76 bits per heavy atom. The minimum atomic E-state index is -0.588. The van der Waals surface area contributed by atoms with Crippen molar-refractivity contribution in [2.24, 2.45) is 5.10 Å². The van der Waals surface area contributed by atoms with Crippen molar-refractivity contribution < 1.29 is 9.72 Å². The molecule has 2 rings (SSSR count). The van der Waals surface area contributed by atoms with Crippen molar-refractivity contribution >= 4 is 46.7 Å². The van der Waals surface area contributed by atoms with Gasteiger partial charge in [-0.3, -0.25) is 14.9 Å². The van der Waals surface area contributed by atoms with Crippen LogP contribution in [0.2, 0.25) is 10.0 Å². The Balaban J connectivity index is 1.91. The Kier molecular flexibility index (Phi) is 6.32. The van der Waals surface area contributed by atoms with Gasteiger partial charge in [-0.2, -0.15) is 5.10 Å². The van der Waals surface area contributed by atoms with Crippen LogP contribution in [0.15, 0.2) is 41.5 Å². The van der Waals surface area contributed by atoms with Crippen molar-refractivity contribution in [1.82, 2.24) is 5.43 Å². The van der Waals surface area contributed by atoms with Gasteiger partial charge in [-0.25, -0.2) is 5.43 Å². The second kappa shape index (κ2) is 8.46. The molecule has 0 saturated carbocycles. The lowest BCUT2D eigenvalue weighted by molar-refractivity contribution is -0.384. The van der Waals surface area contributed by atoms with Gasteiger partial charge in [0.25, 0.3) is 11.6 Å². The number of carbonyl (C=O) groups is 1. The Labute approximate surface area is 153 Å². The van der Waals surface area contributed by atoms with E-state index in [9.17, 15) is 14.9 Å². The third kappa shape index (κ3) is 5.17. The zero-order valence-electron chi connectivity index (χ0n) is 13.1. The van der Waals surface area contributed by atoms with E-state index in [4.69, 9.17) is 23.2 Å². The number of hydrogen-bond donors (Lipinski definition) is 2. The number of hydrogen-bond acceptors (Lipinski definition) is 5. The summed E-state index contributed by atoms with van der Waals surface area (Å²) in [5, 5.41) is 18.2. The molecule has 1 amide bonds. The summed E-state index contributed by atoms with van der Waals surface area (Å²) >= 11 is 11.7. The normalized spacial score (nSPS) is 10.7. The fraction of sp³-hybridized carbons (Fsp3) is 0.125. The molecule has 0 bridgehead atoms. The SMILES string of the molecule is Cc1c(Cl)cccc1NCC(=O)N/N=C\c1ccc(Cl)c([N+](=O)[O-])c1. The Morgan fingerprint density at radius 2 is 2.04 bits per heavy atom. The van der Waals surface area contributed by atoms with Crippen molar-refractivity contribution in [2.75, 3.05) is 11.9 Å². The van der Waals surface area contributed by atoms with Crippen molar-refractivity contribution in [2.45, 2.75) is 6.92 Å². The predicted octanol–water partition coefficient (Wildman–Crippen LogP) is 3.77. The van der Waals surface area contributed by atoms with Gasteiger partial charge in [-0.1, -0.05) is 35.3 Å². The fourth-order valence-corrected chi connectivity index (χ4v) is 2.30.